The minimum Gasteiger partial charge on any atom is -0.364 e. The summed E-state index contributed by atoms with van der Waals surface area (Å²) in [6.07, 6.45) is 2.18. The lowest BCUT2D eigenvalue weighted by molar-refractivity contribution is -0.267. The molecule has 0 saturated carbocycles. The molecular formula is C14H22N4O5. The molecule has 2 amide bonds. The number of carbonyl (C=O) groups is 3. The van der Waals surface area contributed by atoms with Crippen LogP contribution in [0.5, 0.6) is 0 Å². The van der Waals surface area contributed by atoms with Crippen LogP contribution in [0.1, 0.15) is 49.3 Å². The van der Waals surface area contributed by atoms with Crippen LogP contribution in [-0.2, 0) is 32.8 Å². The highest BCUT2D eigenvalue weighted by molar-refractivity contribution is 6.02. The van der Waals surface area contributed by atoms with Gasteiger partial charge in [0.05, 0.1) is 11.4 Å². The van der Waals surface area contributed by atoms with Crippen LogP contribution in [0.15, 0.2) is 0 Å². The molecule has 0 atom stereocenters. The minimum atomic E-state index is -0.701. The fourth-order valence-electron chi connectivity index (χ4n) is 1.98. The van der Waals surface area contributed by atoms with Crippen LogP contribution in [0.2, 0.25) is 0 Å². The summed E-state index contributed by atoms with van der Waals surface area (Å²) >= 11 is 0. The molecule has 0 radical (unpaired) electrons. The van der Waals surface area contributed by atoms with Gasteiger partial charge in [0.15, 0.2) is 6.61 Å². The molecule has 0 spiro atoms. The van der Waals surface area contributed by atoms with Crippen molar-refractivity contribution in [1.29, 1.82) is 0 Å². The van der Waals surface area contributed by atoms with E-state index in [1.807, 2.05) is 13.8 Å². The van der Waals surface area contributed by atoms with Crippen LogP contribution in [0.4, 0.5) is 5.69 Å². The summed E-state index contributed by atoms with van der Waals surface area (Å²) < 4.78 is 1.32. The number of anilines is 1. The van der Waals surface area contributed by atoms with Gasteiger partial charge in [-0.15, -0.1) is 0 Å². The van der Waals surface area contributed by atoms with E-state index in [1.165, 1.54) is 4.68 Å². The average molecular weight is 326 g/mol. The minimum absolute atomic E-state index is 0.102. The van der Waals surface area contributed by atoms with E-state index in [9.17, 15) is 14.4 Å². The Kier molecular flexibility index (Phi) is 7.20. The fraction of sp³-hybridized carbons (Fsp3) is 0.571. The Hall–Kier alpha value is -2.42. The number of aryl methyl sites for hydroxylation is 2. The van der Waals surface area contributed by atoms with Crippen molar-refractivity contribution in [3.63, 3.8) is 0 Å². The summed E-state index contributed by atoms with van der Waals surface area (Å²) in [6, 6.07) is 0. The maximum atomic E-state index is 11.9. The van der Waals surface area contributed by atoms with Gasteiger partial charge in [0, 0.05) is 13.5 Å². The van der Waals surface area contributed by atoms with Crippen LogP contribution in [0, 0.1) is 0 Å². The van der Waals surface area contributed by atoms with E-state index in [-0.39, 0.29) is 17.8 Å². The van der Waals surface area contributed by atoms with Crippen molar-refractivity contribution in [1.82, 2.24) is 9.78 Å². The quantitative estimate of drug-likeness (QED) is 0.508. The molecule has 0 aliphatic carbocycles. The van der Waals surface area contributed by atoms with E-state index >= 15 is 0 Å². The first-order chi connectivity index (χ1) is 10.9. The van der Waals surface area contributed by atoms with Crippen LogP contribution in [-0.4, -0.2) is 34.2 Å². The van der Waals surface area contributed by atoms with Gasteiger partial charge >= 0.3 is 5.97 Å². The van der Waals surface area contributed by atoms with E-state index in [0.29, 0.717) is 18.5 Å². The first-order valence-corrected chi connectivity index (χ1v) is 7.38. The topological polar surface area (TPSA) is 126 Å². The number of nitrogens with one attached hydrogen (secondary N) is 1. The van der Waals surface area contributed by atoms with Gasteiger partial charge in [0.2, 0.25) is 0 Å². The van der Waals surface area contributed by atoms with Crippen molar-refractivity contribution in [3.8, 4) is 0 Å². The van der Waals surface area contributed by atoms with Gasteiger partial charge in [-0.05, 0) is 12.8 Å². The third-order valence-corrected chi connectivity index (χ3v) is 2.90. The van der Waals surface area contributed by atoms with Crippen molar-refractivity contribution < 1.29 is 24.2 Å². The highest BCUT2D eigenvalue weighted by Crippen LogP contribution is 2.21. The summed E-state index contributed by atoms with van der Waals surface area (Å²) in [4.78, 5) is 43.5. The van der Waals surface area contributed by atoms with E-state index in [2.05, 4.69) is 20.2 Å². The van der Waals surface area contributed by atoms with Crippen molar-refractivity contribution in [2.75, 3.05) is 11.9 Å². The zero-order chi connectivity index (χ0) is 17.4. The number of rotatable bonds is 9. The van der Waals surface area contributed by atoms with Gasteiger partial charge in [-0.25, -0.2) is 4.79 Å². The molecule has 0 unspecified atom stereocenters. The Morgan fingerprint density at radius 1 is 1.26 bits per heavy atom. The van der Waals surface area contributed by atoms with Gasteiger partial charge in [0.25, 0.3) is 11.8 Å². The van der Waals surface area contributed by atoms with Gasteiger partial charge in [-0.3, -0.25) is 19.2 Å². The molecule has 0 saturated heterocycles. The molecule has 9 heteroatoms. The summed E-state index contributed by atoms with van der Waals surface area (Å²) in [5, 5.41) is 6.71. The second-order valence-electron chi connectivity index (χ2n) is 4.92. The SMILES string of the molecule is CCCC(=O)OOCC(=O)Nc1c(CCC)nn(C)c1C(N)=O. The smallest absolute Gasteiger partial charge is 0.342 e. The van der Waals surface area contributed by atoms with Crippen LogP contribution < -0.4 is 11.1 Å². The third kappa shape index (κ3) is 5.37. The van der Waals surface area contributed by atoms with E-state index in [1.54, 1.807) is 7.05 Å². The molecule has 0 bridgehead atoms. The second kappa shape index (κ2) is 8.89. The average Bonchev–Trinajstić information content (AvgIpc) is 2.75. The van der Waals surface area contributed by atoms with Crippen molar-refractivity contribution >= 4 is 23.5 Å². The molecule has 9 nitrogen and oxygen atoms in total. The number of nitrogens with two attached hydrogens (primary N) is 1. The molecule has 3 N–H and O–H groups in total. The predicted octanol–water partition coefficient (Wildman–Crippen LogP) is 0.685. The number of primary amides is 1. The Balaban J connectivity index is 2.73. The zero-order valence-corrected chi connectivity index (χ0v) is 13.5. The third-order valence-electron chi connectivity index (χ3n) is 2.90. The van der Waals surface area contributed by atoms with Crippen molar-refractivity contribution in [2.45, 2.75) is 39.5 Å². The highest BCUT2D eigenvalue weighted by Gasteiger charge is 2.21. The maximum absolute atomic E-state index is 11.9. The molecule has 1 aromatic rings. The van der Waals surface area contributed by atoms with Crippen molar-refractivity contribution in [3.05, 3.63) is 11.4 Å². The molecular weight excluding hydrogens is 304 g/mol. The lowest BCUT2D eigenvalue weighted by atomic mass is 10.2. The van der Waals surface area contributed by atoms with Crippen LogP contribution in [0.3, 0.4) is 0 Å². The van der Waals surface area contributed by atoms with Gasteiger partial charge in [-0.1, -0.05) is 20.3 Å². The van der Waals surface area contributed by atoms with Gasteiger partial charge in [0.1, 0.15) is 5.69 Å². The van der Waals surface area contributed by atoms with Crippen LogP contribution in [0.25, 0.3) is 0 Å². The monoisotopic (exact) mass is 326 g/mol. The number of carbonyl (C=O) groups excluding carboxylic acids is 3. The Morgan fingerprint density at radius 2 is 1.96 bits per heavy atom. The number of amides is 2. The first-order valence-electron chi connectivity index (χ1n) is 7.38. The summed E-state index contributed by atoms with van der Waals surface area (Å²) in [5.41, 5.74) is 6.24. The van der Waals surface area contributed by atoms with Crippen molar-refractivity contribution in [2.24, 2.45) is 12.8 Å². The molecule has 0 aliphatic heterocycles. The lowest BCUT2D eigenvalue weighted by Gasteiger charge is -2.07. The van der Waals surface area contributed by atoms with Gasteiger partial charge < -0.3 is 11.1 Å². The highest BCUT2D eigenvalue weighted by atomic mass is 17.2. The molecule has 1 heterocycles. The predicted molar refractivity (Wildman–Crippen MR) is 81.3 cm³/mol. The van der Waals surface area contributed by atoms with E-state index in [0.717, 1.165) is 6.42 Å². The van der Waals surface area contributed by atoms with E-state index in [4.69, 9.17) is 5.73 Å². The Bertz CT molecular complexity index is 582. The zero-order valence-electron chi connectivity index (χ0n) is 13.5. The molecule has 1 rings (SSSR count). The van der Waals surface area contributed by atoms with Gasteiger partial charge in [-0.2, -0.15) is 9.99 Å². The largest absolute Gasteiger partial charge is 0.364 e. The summed E-state index contributed by atoms with van der Waals surface area (Å²) in [7, 11) is 1.57. The maximum Gasteiger partial charge on any atom is 0.342 e. The number of aromatic nitrogens is 2. The molecule has 0 aliphatic rings. The molecule has 128 valence electrons. The van der Waals surface area contributed by atoms with E-state index < -0.39 is 24.4 Å². The summed E-state index contributed by atoms with van der Waals surface area (Å²) in [5.74, 6) is -1.83. The molecule has 0 fully saturated rings. The standard InChI is InChI=1S/C14H22N4O5/c1-4-6-9-12(13(14(15)21)18(3)17-9)16-10(19)8-22-23-11(20)7-5-2/h4-8H2,1-3H3,(H2,15,21)(H,16,19). The Morgan fingerprint density at radius 3 is 2.52 bits per heavy atom. The normalized spacial score (nSPS) is 10.4. The number of hydrogen-bond acceptors (Lipinski definition) is 6. The fourth-order valence-corrected chi connectivity index (χ4v) is 1.98. The first kappa shape index (κ1) is 18.6. The Labute approximate surface area is 134 Å². The van der Waals surface area contributed by atoms with Crippen LogP contribution >= 0.6 is 0 Å². The molecule has 0 aromatic carbocycles. The molecule has 1 aromatic heterocycles. The number of nitrogens with zero attached hydrogens (tertiary/aromatic N) is 2. The second-order valence-corrected chi connectivity index (χ2v) is 4.92. The molecule has 23 heavy (non-hydrogen) atoms. The lowest BCUT2D eigenvalue weighted by Crippen LogP contribution is -2.23. The summed E-state index contributed by atoms with van der Waals surface area (Å²) in [6.45, 7) is 3.27. The number of hydrogen-bond donors (Lipinski definition) is 2.